The molecule has 3 heterocycles. The SMILES string of the molecule is CC.CC(c1ccc2c(c1)OCC2)N1CCN(c2ncc(S)cn2)CC1.CCC.CN. The molecule has 1 aromatic carbocycles. The smallest absolute Gasteiger partial charge is 0.225 e. The molecular weight excluding hydrogens is 406 g/mol. The molecule has 7 heteroatoms. The fraction of sp³-hybridized carbons (Fsp3) is 0.583. The number of aromatic nitrogens is 2. The van der Waals surface area contributed by atoms with Gasteiger partial charge in [-0.2, -0.15) is 0 Å². The normalized spacial score (nSPS) is 15.7. The number of nitrogens with two attached hydrogens (primary N) is 1. The van der Waals surface area contributed by atoms with Gasteiger partial charge in [-0.05, 0) is 31.2 Å². The molecule has 2 aromatic rings. The zero-order chi connectivity index (χ0) is 23.2. The zero-order valence-electron chi connectivity index (χ0n) is 20.1. The molecule has 1 unspecified atom stereocenters. The number of hydrogen-bond acceptors (Lipinski definition) is 7. The van der Waals surface area contributed by atoms with Crippen LogP contribution in [0.2, 0.25) is 0 Å². The number of ether oxygens (including phenoxy) is 1. The van der Waals surface area contributed by atoms with Crippen LogP contribution in [-0.4, -0.2) is 54.7 Å². The van der Waals surface area contributed by atoms with E-state index >= 15 is 0 Å². The highest BCUT2D eigenvalue weighted by atomic mass is 32.1. The van der Waals surface area contributed by atoms with Crippen molar-refractivity contribution in [3.05, 3.63) is 41.7 Å². The fourth-order valence-corrected chi connectivity index (χ4v) is 3.56. The van der Waals surface area contributed by atoms with Crippen LogP contribution < -0.4 is 15.4 Å². The molecule has 1 aromatic heterocycles. The molecule has 0 saturated carbocycles. The van der Waals surface area contributed by atoms with E-state index in [1.165, 1.54) is 24.6 Å². The Balaban J connectivity index is 0.000000620. The Labute approximate surface area is 194 Å². The van der Waals surface area contributed by atoms with E-state index in [9.17, 15) is 0 Å². The van der Waals surface area contributed by atoms with Gasteiger partial charge in [-0.25, -0.2) is 9.97 Å². The average Bonchev–Trinajstić information content (AvgIpc) is 3.30. The zero-order valence-corrected chi connectivity index (χ0v) is 21.0. The lowest BCUT2D eigenvalue weighted by Crippen LogP contribution is -2.47. The standard InChI is InChI=1S/C18H22N4OS.C3H8.C2H6.CH5N/c1-13(15-3-2-14-4-9-23-17(14)10-15)21-5-7-22(8-6-21)18-19-11-16(24)12-20-18;1-3-2;2*1-2/h2-3,10-13,24H,4-9H2,1H3;3H2,1-2H3;1-2H3;2H2,1H3. The maximum absolute atomic E-state index is 5.71. The minimum atomic E-state index is 0.391. The van der Waals surface area contributed by atoms with E-state index in [2.05, 4.69) is 77.1 Å². The van der Waals surface area contributed by atoms with Crippen LogP contribution in [-0.2, 0) is 6.42 Å². The van der Waals surface area contributed by atoms with Gasteiger partial charge < -0.3 is 15.4 Å². The molecule has 4 rings (SSSR count). The summed E-state index contributed by atoms with van der Waals surface area (Å²) in [7, 11) is 1.50. The molecule has 2 aliphatic heterocycles. The number of benzene rings is 1. The first-order valence-corrected chi connectivity index (χ1v) is 11.9. The van der Waals surface area contributed by atoms with Gasteiger partial charge in [0.2, 0.25) is 5.95 Å². The first-order chi connectivity index (χ1) is 15.1. The van der Waals surface area contributed by atoms with Crippen LogP contribution in [0, 0.1) is 0 Å². The summed E-state index contributed by atoms with van der Waals surface area (Å²) in [5.74, 6) is 1.87. The minimum absolute atomic E-state index is 0.391. The second-order valence-corrected chi connectivity index (χ2v) is 7.63. The van der Waals surface area contributed by atoms with Crippen LogP contribution in [0.4, 0.5) is 5.95 Å². The molecule has 0 aliphatic carbocycles. The third kappa shape index (κ3) is 7.98. The molecule has 1 atom stereocenters. The predicted molar refractivity (Wildman–Crippen MR) is 135 cm³/mol. The van der Waals surface area contributed by atoms with Gasteiger partial charge >= 0.3 is 0 Å². The largest absolute Gasteiger partial charge is 0.493 e. The van der Waals surface area contributed by atoms with Gasteiger partial charge in [0.1, 0.15) is 5.75 Å². The molecular formula is C24H41N5OS. The number of hydrogen-bond donors (Lipinski definition) is 2. The van der Waals surface area contributed by atoms with Gasteiger partial charge in [-0.3, -0.25) is 4.90 Å². The van der Waals surface area contributed by atoms with Crippen molar-refractivity contribution in [1.29, 1.82) is 0 Å². The van der Waals surface area contributed by atoms with E-state index in [-0.39, 0.29) is 0 Å². The average molecular weight is 448 g/mol. The number of anilines is 1. The van der Waals surface area contributed by atoms with Crippen LogP contribution in [0.15, 0.2) is 35.5 Å². The summed E-state index contributed by atoms with van der Waals surface area (Å²) in [6, 6.07) is 7.08. The molecule has 2 N–H and O–H groups in total. The Kier molecular flexibility index (Phi) is 13.2. The minimum Gasteiger partial charge on any atom is -0.493 e. The molecule has 31 heavy (non-hydrogen) atoms. The highest BCUT2D eigenvalue weighted by molar-refractivity contribution is 7.80. The number of rotatable bonds is 3. The predicted octanol–water partition coefficient (Wildman–Crippen LogP) is 4.60. The van der Waals surface area contributed by atoms with Crippen molar-refractivity contribution in [3.8, 4) is 5.75 Å². The summed E-state index contributed by atoms with van der Waals surface area (Å²) in [6.45, 7) is 15.2. The lowest BCUT2D eigenvalue weighted by molar-refractivity contribution is 0.197. The molecule has 174 valence electrons. The summed E-state index contributed by atoms with van der Waals surface area (Å²) in [6.07, 6.45) is 5.80. The van der Waals surface area contributed by atoms with E-state index in [0.29, 0.717) is 6.04 Å². The second-order valence-electron chi connectivity index (χ2n) is 7.11. The lowest BCUT2D eigenvalue weighted by Gasteiger charge is -2.38. The van der Waals surface area contributed by atoms with Crippen molar-refractivity contribution in [2.24, 2.45) is 5.73 Å². The van der Waals surface area contributed by atoms with Gasteiger partial charge in [-0.1, -0.05) is 46.2 Å². The van der Waals surface area contributed by atoms with Crippen LogP contribution in [0.5, 0.6) is 5.75 Å². The van der Waals surface area contributed by atoms with E-state index in [0.717, 1.165) is 55.8 Å². The molecule has 1 fully saturated rings. The van der Waals surface area contributed by atoms with Gasteiger partial charge in [0.05, 0.1) is 6.61 Å². The Morgan fingerprint density at radius 3 is 2.23 bits per heavy atom. The molecule has 0 amide bonds. The van der Waals surface area contributed by atoms with Crippen LogP contribution >= 0.6 is 12.6 Å². The van der Waals surface area contributed by atoms with Gasteiger partial charge in [0.15, 0.2) is 0 Å². The van der Waals surface area contributed by atoms with Gasteiger partial charge in [-0.15, -0.1) is 12.6 Å². The van der Waals surface area contributed by atoms with Gasteiger partial charge in [0.25, 0.3) is 0 Å². The molecule has 6 nitrogen and oxygen atoms in total. The maximum atomic E-state index is 5.71. The topological polar surface area (TPSA) is 67.5 Å². The van der Waals surface area contributed by atoms with Crippen molar-refractivity contribution in [1.82, 2.24) is 14.9 Å². The Morgan fingerprint density at radius 2 is 1.65 bits per heavy atom. The third-order valence-corrected chi connectivity index (χ3v) is 5.20. The Bertz CT molecular complexity index is 733. The number of nitrogens with zero attached hydrogens (tertiary/aromatic N) is 4. The Hall–Kier alpha value is -1.83. The van der Waals surface area contributed by atoms with Crippen molar-refractivity contribution in [2.45, 2.75) is 58.4 Å². The van der Waals surface area contributed by atoms with Crippen molar-refractivity contribution >= 4 is 18.6 Å². The summed E-state index contributed by atoms with van der Waals surface area (Å²) < 4.78 is 5.71. The van der Waals surface area contributed by atoms with Crippen molar-refractivity contribution in [2.75, 3.05) is 44.7 Å². The van der Waals surface area contributed by atoms with Gasteiger partial charge in [0, 0.05) is 55.9 Å². The fourth-order valence-electron chi connectivity index (χ4n) is 3.44. The summed E-state index contributed by atoms with van der Waals surface area (Å²) in [4.78, 5) is 14.3. The van der Waals surface area contributed by atoms with E-state index in [1.807, 2.05) is 13.8 Å². The summed E-state index contributed by atoms with van der Waals surface area (Å²) >= 11 is 4.24. The monoisotopic (exact) mass is 447 g/mol. The number of thiol groups is 1. The molecule has 0 bridgehead atoms. The molecule has 0 spiro atoms. The first-order valence-electron chi connectivity index (χ1n) is 11.5. The van der Waals surface area contributed by atoms with Crippen LogP contribution in [0.25, 0.3) is 0 Å². The highest BCUT2D eigenvalue weighted by Crippen LogP contribution is 2.31. The summed E-state index contributed by atoms with van der Waals surface area (Å²) in [5.41, 5.74) is 7.17. The van der Waals surface area contributed by atoms with Crippen LogP contribution in [0.1, 0.15) is 58.2 Å². The number of fused-ring (bicyclic) bond motifs is 1. The summed E-state index contributed by atoms with van der Waals surface area (Å²) in [5, 5.41) is 0. The van der Waals surface area contributed by atoms with E-state index < -0.39 is 0 Å². The molecule has 2 aliphatic rings. The molecule has 0 radical (unpaired) electrons. The Morgan fingerprint density at radius 1 is 1.06 bits per heavy atom. The quantitative estimate of drug-likeness (QED) is 0.670. The second kappa shape index (κ2) is 15.1. The maximum Gasteiger partial charge on any atom is 0.225 e. The van der Waals surface area contributed by atoms with Crippen molar-refractivity contribution in [3.63, 3.8) is 0 Å². The third-order valence-electron chi connectivity index (χ3n) is 4.97. The first kappa shape index (κ1) is 27.2. The van der Waals surface area contributed by atoms with Crippen LogP contribution in [0.3, 0.4) is 0 Å². The number of piperazine rings is 1. The van der Waals surface area contributed by atoms with E-state index in [4.69, 9.17) is 4.74 Å². The highest BCUT2D eigenvalue weighted by Gasteiger charge is 2.24. The lowest BCUT2D eigenvalue weighted by atomic mass is 10.0. The molecule has 1 saturated heterocycles. The van der Waals surface area contributed by atoms with Crippen molar-refractivity contribution < 1.29 is 4.74 Å². The van der Waals surface area contributed by atoms with E-state index in [1.54, 1.807) is 12.4 Å².